The summed E-state index contributed by atoms with van der Waals surface area (Å²) in [5.41, 5.74) is 5.33. The first-order valence-corrected chi connectivity index (χ1v) is 5.71. The van der Waals surface area contributed by atoms with Gasteiger partial charge in [-0.15, -0.1) is 0 Å². The molecule has 1 atom stereocenters. The first kappa shape index (κ1) is 15.9. The van der Waals surface area contributed by atoms with E-state index in [1.54, 1.807) is 11.9 Å². The Labute approximate surface area is 102 Å². The standard InChI is InChI=1S/C11H23N3O3/c1-13(2)7-4-8-14(3)10(15)6-5-9(12)11(16)17/h9H,4-8,12H2,1-3H3,(H,16,17)/t9-/m0/s1. The Kier molecular flexibility index (Phi) is 7.49. The Hall–Kier alpha value is -1.14. The van der Waals surface area contributed by atoms with E-state index in [0.29, 0.717) is 6.54 Å². The van der Waals surface area contributed by atoms with E-state index in [1.165, 1.54) is 0 Å². The number of rotatable bonds is 8. The molecule has 0 spiro atoms. The van der Waals surface area contributed by atoms with Gasteiger partial charge < -0.3 is 20.6 Å². The second-order valence-corrected chi connectivity index (χ2v) is 4.46. The number of carboxylic acids is 1. The summed E-state index contributed by atoms with van der Waals surface area (Å²) >= 11 is 0. The van der Waals surface area contributed by atoms with Gasteiger partial charge in [0.2, 0.25) is 5.91 Å². The first-order valence-electron chi connectivity index (χ1n) is 5.71. The van der Waals surface area contributed by atoms with Crippen molar-refractivity contribution in [1.82, 2.24) is 9.80 Å². The molecule has 0 fully saturated rings. The van der Waals surface area contributed by atoms with Crippen LogP contribution in [-0.2, 0) is 9.59 Å². The summed E-state index contributed by atoms with van der Waals surface area (Å²) < 4.78 is 0. The van der Waals surface area contributed by atoms with Gasteiger partial charge in [-0.05, 0) is 33.5 Å². The number of carbonyl (C=O) groups is 2. The molecule has 0 aromatic rings. The molecular weight excluding hydrogens is 222 g/mol. The molecule has 100 valence electrons. The van der Waals surface area contributed by atoms with Gasteiger partial charge in [0.15, 0.2) is 0 Å². The van der Waals surface area contributed by atoms with Gasteiger partial charge in [0.25, 0.3) is 0 Å². The van der Waals surface area contributed by atoms with E-state index in [-0.39, 0.29) is 18.7 Å². The van der Waals surface area contributed by atoms with E-state index >= 15 is 0 Å². The minimum absolute atomic E-state index is 0.0551. The van der Waals surface area contributed by atoms with Crippen LogP contribution in [0.15, 0.2) is 0 Å². The Balaban J connectivity index is 3.78. The Morgan fingerprint density at radius 2 is 1.82 bits per heavy atom. The number of aliphatic carboxylic acids is 1. The van der Waals surface area contributed by atoms with Crippen molar-refractivity contribution in [2.75, 3.05) is 34.2 Å². The molecule has 0 bridgehead atoms. The number of amides is 1. The van der Waals surface area contributed by atoms with E-state index in [0.717, 1.165) is 13.0 Å². The lowest BCUT2D eigenvalue weighted by Gasteiger charge is -2.19. The first-order chi connectivity index (χ1) is 7.84. The molecule has 6 heteroatoms. The quantitative estimate of drug-likeness (QED) is 0.607. The number of hydrogen-bond acceptors (Lipinski definition) is 4. The zero-order chi connectivity index (χ0) is 13.4. The van der Waals surface area contributed by atoms with E-state index in [4.69, 9.17) is 10.8 Å². The summed E-state index contributed by atoms with van der Waals surface area (Å²) in [6.45, 7) is 1.60. The second-order valence-electron chi connectivity index (χ2n) is 4.46. The van der Waals surface area contributed by atoms with Crippen LogP contribution in [0.25, 0.3) is 0 Å². The molecule has 6 nitrogen and oxygen atoms in total. The molecule has 0 saturated carbocycles. The Bertz CT molecular complexity index is 256. The fraction of sp³-hybridized carbons (Fsp3) is 0.818. The monoisotopic (exact) mass is 245 g/mol. The van der Waals surface area contributed by atoms with Crippen LogP contribution in [0.3, 0.4) is 0 Å². The van der Waals surface area contributed by atoms with Crippen molar-refractivity contribution in [2.24, 2.45) is 5.73 Å². The number of nitrogens with zero attached hydrogens (tertiary/aromatic N) is 2. The summed E-state index contributed by atoms with van der Waals surface area (Å²) in [4.78, 5) is 25.8. The number of carbonyl (C=O) groups excluding carboxylic acids is 1. The largest absolute Gasteiger partial charge is 0.480 e. The molecule has 0 aliphatic rings. The molecule has 0 aromatic carbocycles. The van der Waals surface area contributed by atoms with Crippen LogP contribution in [0.5, 0.6) is 0 Å². The van der Waals surface area contributed by atoms with E-state index in [9.17, 15) is 9.59 Å². The molecular formula is C11H23N3O3. The van der Waals surface area contributed by atoms with E-state index in [2.05, 4.69) is 4.90 Å². The summed E-state index contributed by atoms with van der Waals surface area (Å²) in [5, 5.41) is 8.58. The normalized spacial score (nSPS) is 12.5. The number of hydrogen-bond donors (Lipinski definition) is 2. The van der Waals surface area contributed by atoms with Crippen molar-refractivity contribution in [2.45, 2.75) is 25.3 Å². The highest BCUT2D eigenvalue weighted by molar-refractivity contribution is 5.78. The molecule has 17 heavy (non-hydrogen) atoms. The van der Waals surface area contributed by atoms with Crippen molar-refractivity contribution in [3.05, 3.63) is 0 Å². The fourth-order valence-corrected chi connectivity index (χ4v) is 1.34. The molecule has 0 unspecified atom stereocenters. The SMILES string of the molecule is CN(C)CCCN(C)C(=O)CC[C@H](N)C(=O)O. The minimum Gasteiger partial charge on any atom is -0.480 e. The van der Waals surface area contributed by atoms with Crippen LogP contribution < -0.4 is 5.73 Å². The Morgan fingerprint density at radius 1 is 1.24 bits per heavy atom. The fourth-order valence-electron chi connectivity index (χ4n) is 1.34. The Morgan fingerprint density at radius 3 is 2.29 bits per heavy atom. The maximum absolute atomic E-state index is 11.6. The van der Waals surface area contributed by atoms with Gasteiger partial charge in [-0.25, -0.2) is 0 Å². The highest BCUT2D eigenvalue weighted by Gasteiger charge is 2.15. The highest BCUT2D eigenvalue weighted by atomic mass is 16.4. The number of nitrogens with two attached hydrogens (primary N) is 1. The average Bonchev–Trinajstić information content (AvgIpc) is 2.24. The minimum atomic E-state index is -1.06. The van der Waals surface area contributed by atoms with Gasteiger partial charge in [-0.2, -0.15) is 0 Å². The molecule has 1 amide bonds. The van der Waals surface area contributed by atoms with Gasteiger partial charge >= 0.3 is 5.97 Å². The van der Waals surface area contributed by atoms with Crippen LogP contribution >= 0.6 is 0 Å². The molecule has 0 aromatic heterocycles. The molecule has 0 aliphatic carbocycles. The predicted octanol–water partition coefficient (Wildman–Crippen LogP) is -0.411. The van der Waals surface area contributed by atoms with Crippen molar-refractivity contribution < 1.29 is 14.7 Å². The smallest absolute Gasteiger partial charge is 0.320 e. The van der Waals surface area contributed by atoms with Gasteiger partial charge in [0, 0.05) is 20.0 Å². The average molecular weight is 245 g/mol. The third kappa shape index (κ3) is 7.70. The molecule has 0 radical (unpaired) electrons. The highest BCUT2D eigenvalue weighted by Crippen LogP contribution is 2.00. The van der Waals surface area contributed by atoms with Gasteiger partial charge in [0.05, 0.1) is 0 Å². The topological polar surface area (TPSA) is 86.9 Å². The van der Waals surface area contributed by atoms with Crippen molar-refractivity contribution in [3.8, 4) is 0 Å². The lowest BCUT2D eigenvalue weighted by atomic mass is 10.1. The summed E-state index contributed by atoms with van der Waals surface area (Å²) in [7, 11) is 5.69. The maximum Gasteiger partial charge on any atom is 0.320 e. The molecule has 0 heterocycles. The zero-order valence-corrected chi connectivity index (χ0v) is 10.8. The summed E-state index contributed by atoms with van der Waals surface area (Å²) in [5.74, 6) is -1.12. The second kappa shape index (κ2) is 8.03. The molecule has 0 aliphatic heterocycles. The molecule has 0 saturated heterocycles. The van der Waals surface area contributed by atoms with E-state index in [1.807, 2.05) is 14.1 Å². The van der Waals surface area contributed by atoms with Crippen molar-refractivity contribution in [3.63, 3.8) is 0 Å². The van der Waals surface area contributed by atoms with Gasteiger partial charge in [0.1, 0.15) is 6.04 Å². The van der Waals surface area contributed by atoms with E-state index < -0.39 is 12.0 Å². The lowest BCUT2D eigenvalue weighted by Crippen LogP contribution is -2.34. The van der Waals surface area contributed by atoms with Crippen LogP contribution in [0.4, 0.5) is 0 Å². The number of carboxylic acid groups (broad SMARTS) is 1. The third-order valence-corrected chi connectivity index (χ3v) is 2.51. The van der Waals surface area contributed by atoms with Crippen LogP contribution in [0.1, 0.15) is 19.3 Å². The van der Waals surface area contributed by atoms with Gasteiger partial charge in [-0.1, -0.05) is 0 Å². The van der Waals surface area contributed by atoms with Crippen LogP contribution in [-0.4, -0.2) is 67.1 Å². The van der Waals surface area contributed by atoms with Crippen molar-refractivity contribution in [1.29, 1.82) is 0 Å². The van der Waals surface area contributed by atoms with Gasteiger partial charge in [-0.3, -0.25) is 9.59 Å². The van der Waals surface area contributed by atoms with Crippen molar-refractivity contribution >= 4 is 11.9 Å². The lowest BCUT2D eigenvalue weighted by molar-refractivity contribution is -0.139. The summed E-state index contributed by atoms with van der Waals surface area (Å²) in [6, 6.07) is -0.950. The maximum atomic E-state index is 11.6. The molecule has 3 N–H and O–H groups in total. The summed E-state index contributed by atoms with van der Waals surface area (Å²) in [6.07, 6.45) is 1.28. The predicted molar refractivity (Wildman–Crippen MR) is 65.7 cm³/mol. The zero-order valence-electron chi connectivity index (χ0n) is 10.8. The van der Waals surface area contributed by atoms with Crippen LogP contribution in [0, 0.1) is 0 Å². The van der Waals surface area contributed by atoms with Crippen LogP contribution in [0.2, 0.25) is 0 Å². The molecule has 0 rings (SSSR count). The third-order valence-electron chi connectivity index (χ3n) is 2.51.